The Morgan fingerprint density at radius 1 is 1.09 bits per heavy atom. The minimum atomic E-state index is 0.460. The third-order valence-corrected chi connectivity index (χ3v) is 4.74. The molecule has 2 aromatic carbocycles. The summed E-state index contributed by atoms with van der Waals surface area (Å²) in [6, 6.07) is 13.9. The van der Waals surface area contributed by atoms with E-state index in [2.05, 4.69) is 42.2 Å². The van der Waals surface area contributed by atoms with Crippen molar-refractivity contribution >= 4 is 23.4 Å². The second kappa shape index (κ2) is 6.55. The van der Waals surface area contributed by atoms with Crippen molar-refractivity contribution in [1.82, 2.24) is 10.2 Å². The zero-order valence-electron chi connectivity index (χ0n) is 12.3. The Labute approximate surface area is 138 Å². The molecule has 1 aromatic heterocycles. The Hall–Kier alpha value is -1.78. The fraction of sp³-hybridized carbons (Fsp3) is 0.176. The van der Waals surface area contributed by atoms with Crippen LogP contribution >= 0.6 is 23.4 Å². The summed E-state index contributed by atoms with van der Waals surface area (Å²) in [4.78, 5) is 1.23. The first-order valence-electron chi connectivity index (χ1n) is 6.91. The fourth-order valence-corrected chi connectivity index (χ4v) is 3.22. The van der Waals surface area contributed by atoms with Gasteiger partial charge in [0.1, 0.15) is 0 Å². The number of thioether (sulfide) groups is 1. The van der Waals surface area contributed by atoms with Gasteiger partial charge in [-0.2, -0.15) is 0 Å². The number of hydrogen-bond acceptors (Lipinski definition) is 4. The number of aryl methyl sites for hydroxylation is 2. The normalized spacial score (nSPS) is 10.9. The van der Waals surface area contributed by atoms with E-state index in [0.717, 1.165) is 5.56 Å². The molecule has 0 unspecified atom stereocenters. The number of hydrogen-bond donors (Lipinski definition) is 0. The molecule has 22 heavy (non-hydrogen) atoms. The summed E-state index contributed by atoms with van der Waals surface area (Å²) in [6.45, 7) is 4.20. The lowest BCUT2D eigenvalue weighted by atomic mass is 10.2. The Kier molecular flexibility index (Phi) is 4.50. The summed E-state index contributed by atoms with van der Waals surface area (Å²) in [5.41, 5.74) is 3.29. The van der Waals surface area contributed by atoms with Crippen LogP contribution in [0, 0.1) is 13.8 Å². The molecule has 0 aliphatic carbocycles. The second-order valence-electron chi connectivity index (χ2n) is 5.04. The molecule has 3 nitrogen and oxygen atoms in total. The maximum atomic E-state index is 6.14. The lowest BCUT2D eigenvalue weighted by Gasteiger charge is -2.04. The van der Waals surface area contributed by atoms with Gasteiger partial charge in [-0.3, -0.25) is 0 Å². The molecule has 1 heterocycles. The average molecular weight is 331 g/mol. The first-order valence-corrected chi connectivity index (χ1v) is 8.27. The van der Waals surface area contributed by atoms with Crippen LogP contribution in [0.2, 0.25) is 5.02 Å². The minimum Gasteiger partial charge on any atom is -0.420 e. The van der Waals surface area contributed by atoms with Gasteiger partial charge in [-0.15, -0.1) is 22.0 Å². The second-order valence-corrected chi connectivity index (χ2v) is 6.46. The van der Waals surface area contributed by atoms with Gasteiger partial charge in [0.05, 0.1) is 16.3 Å². The Balaban J connectivity index is 1.74. The largest absolute Gasteiger partial charge is 0.420 e. The highest BCUT2D eigenvalue weighted by Crippen LogP contribution is 2.29. The fourth-order valence-electron chi connectivity index (χ4n) is 2.16. The van der Waals surface area contributed by atoms with E-state index in [1.807, 2.05) is 24.3 Å². The molecule has 0 amide bonds. The zero-order valence-corrected chi connectivity index (χ0v) is 13.9. The van der Waals surface area contributed by atoms with Crippen molar-refractivity contribution in [2.75, 3.05) is 0 Å². The average Bonchev–Trinajstić information content (AvgIpc) is 2.95. The molecule has 3 rings (SSSR count). The third-order valence-electron chi connectivity index (χ3n) is 3.25. The Morgan fingerprint density at radius 2 is 1.91 bits per heavy atom. The van der Waals surface area contributed by atoms with Crippen LogP contribution in [-0.4, -0.2) is 10.2 Å². The van der Waals surface area contributed by atoms with Gasteiger partial charge in [0.25, 0.3) is 0 Å². The predicted octanol–water partition coefficient (Wildman–Crippen LogP) is 5.30. The summed E-state index contributed by atoms with van der Waals surface area (Å²) in [6.07, 6.45) is 0. The van der Waals surface area contributed by atoms with E-state index in [1.165, 1.54) is 16.0 Å². The van der Waals surface area contributed by atoms with Gasteiger partial charge in [-0.05, 0) is 37.6 Å². The minimum absolute atomic E-state index is 0.460. The molecule has 0 saturated carbocycles. The quantitative estimate of drug-likeness (QED) is 0.608. The molecular weight excluding hydrogens is 316 g/mol. The van der Waals surface area contributed by atoms with E-state index in [-0.39, 0.29) is 0 Å². The van der Waals surface area contributed by atoms with Crippen LogP contribution in [0.3, 0.4) is 0 Å². The SMILES string of the molecule is Cc1ccc(SCc2nnc(-c3ccccc3Cl)o2)c(C)c1. The lowest BCUT2D eigenvalue weighted by Crippen LogP contribution is -1.84. The summed E-state index contributed by atoms with van der Waals surface area (Å²) in [5, 5.41) is 8.79. The van der Waals surface area contributed by atoms with Crippen LogP contribution < -0.4 is 0 Å². The van der Waals surface area contributed by atoms with Crippen molar-refractivity contribution in [1.29, 1.82) is 0 Å². The van der Waals surface area contributed by atoms with Crippen LogP contribution in [0.25, 0.3) is 11.5 Å². The Bertz CT molecular complexity index is 801. The van der Waals surface area contributed by atoms with Crippen LogP contribution in [0.1, 0.15) is 17.0 Å². The van der Waals surface area contributed by atoms with Crippen molar-refractivity contribution in [3.63, 3.8) is 0 Å². The first kappa shape index (κ1) is 15.1. The molecule has 0 spiro atoms. The van der Waals surface area contributed by atoms with Gasteiger partial charge in [-0.1, -0.05) is 41.4 Å². The lowest BCUT2D eigenvalue weighted by molar-refractivity contribution is 0.528. The smallest absolute Gasteiger partial charge is 0.249 e. The molecule has 0 bridgehead atoms. The molecule has 0 aliphatic rings. The Morgan fingerprint density at radius 3 is 2.68 bits per heavy atom. The molecular formula is C17H15ClN2OS. The van der Waals surface area contributed by atoms with Gasteiger partial charge in [0.2, 0.25) is 11.8 Å². The monoisotopic (exact) mass is 330 g/mol. The van der Waals surface area contributed by atoms with E-state index >= 15 is 0 Å². The van der Waals surface area contributed by atoms with E-state index in [1.54, 1.807) is 11.8 Å². The highest BCUT2D eigenvalue weighted by molar-refractivity contribution is 7.98. The molecule has 0 aliphatic heterocycles. The molecule has 0 saturated heterocycles. The van der Waals surface area contributed by atoms with Crippen molar-refractivity contribution in [3.05, 3.63) is 64.5 Å². The van der Waals surface area contributed by atoms with Crippen LogP contribution in [0.5, 0.6) is 0 Å². The van der Waals surface area contributed by atoms with E-state index in [9.17, 15) is 0 Å². The molecule has 0 fully saturated rings. The van der Waals surface area contributed by atoms with Gasteiger partial charge in [-0.25, -0.2) is 0 Å². The third kappa shape index (κ3) is 3.34. The highest BCUT2D eigenvalue weighted by atomic mass is 35.5. The number of benzene rings is 2. The zero-order chi connectivity index (χ0) is 15.5. The maximum Gasteiger partial charge on any atom is 0.249 e. The van der Waals surface area contributed by atoms with Crippen LogP contribution in [-0.2, 0) is 5.75 Å². The first-order chi connectivity index (χ1) is 10.6. The number of nitrogens with zero attached hydrogens (tertiary/aromatic N) is 2. The molecule has 5 heteroatoms. The van der Waals surface area contributed by atoms with Gasteiger partial charge in [0, 0.05) is 4.90 Å². The summed E-state index contributed by atoms with van der Waals surface area (Å²) in [7, 11) is 0. The predicted molar refractivity (Wildman–Crippen MR) is 90.2 cm³/mol. The topological polar surface area (TPSA) is 38.9 Å². The van der Waals surface area contributed by atoms with Gasteiger partial charge >= 0.3 is 0 Å². The van der Waals surface area contributed by atoms with Gasteiger partial charge < -0.3 is 4.42 Å². The molecule has 3 aromatic rings. The van der Waals surface area contributed by atoms with E-state index < -0.39 is 0 Å². The van der Waals surface area contributed by atoms with Gasteiger partial charge in [0.15, 0.2) is 0 Å². The maximum absolute atomic E-state index is 6.14. The van der Waals surface area contributed by atoms with Crippen molar-refractivity contribution in [3.8, 4) is 11.5 Å². The number of aromatic nitrogens is 2. The highest BCUT2D eigenvalue weighted by Gasteiger charge is 2.12. The standard InChI is InChI=1S/C17H15ClN2OS/c1-11-7-8-15(12(2)9-11)22-10-16-19-20-17(21-16)13-5-3-4-6-14(13)18/h3-9H,10H2,1-2H3. The molecule has 0 N–H and O–H groups in total. The summed E-state index contributed by atoms with van der Waals surface area (Å²) >= 11 is 7.84. The van der Waals surface area contributed by atoms with Crippen molar-refractivity contribution in [2.24, 2.45) is 0 Å². The van der Waals surface area contributed by atoms with E-state index in [4.69, 9.17) is 16.0 Å². The number of rotatable bonds is 4. The van der Waals surface area contributed by atoms with Crippen molar-refractivity contribution < 1.29 is 4.42 Å². The molecule has 0 atom stereocenters. The van der Waals surface area contributed by atoms with E-state index in [0.29, 0.717) is 22.6 Å². The molecule has 112 valence electrons. The summed E-state index contributed by atoms with van der Waals surface area (Å²) in [5.74, 6) is 1.70. The van der Waals surface area contributed by atoms with Crippen molar-refractivity contribution in [2.45, 2.75) is 24.5 Å². The van der Waals surface area contributed by atoms with Crippen LogP contribution in [0.15, 0.2) is 51.8 Å². The summed E-state index contributed by atoms with van der Waals surface area (Å²) < 4.78 is 5.71. The van der Waals surface area contributed by atoms with Crippen LogP contribution in [0.4, 0.5) is 0 Å². The molecule has 0 radical (unpaired) electrons. The number of halogens is 1.